The molecule has 3 aromatic rings. The molecule has 0 bridgehead atoms. The number of aromatic hydroxyl groups is 1. The van der Waals surface area contributed by atoms with Gasteiger partial charge in [-0.05, 0) is 25.0 Å². The molecule has 19 heavy (non-hydrogen) atoms. The molecule has 1 fully saturated rings. The fourth-order valence-corrected chi connectivity index (χ4v) is 2.94. The lowest BCUT2D eigenvalue weighted by Crippen LogP contribution is -1.94. The second-order valence-corrected chi connectivity index (χ2v) is 5.63. The third-order valence-electron chi connectivity index (χ3n) is 3.26. The molecular formula is C12H11N5OS. The minimum Gasteiger partial charge on any atom is -0.505 e. The predicted octanol–water partition coefficient (Wildman–Crippen LogP) is 2.02. The molecule has 2 aromatic heterocycles. The van der Waals surface area contributed by atoms with Crippen molar-refractivity contribution in [3.05, 3.63) is 24.0 Å². The first-order valence-corrected chi connectivity index (χ1v) is 6.85. The molecule has 3 N–H and O–H groups in total. The minimum atomic E-state index is 0.0698. The Hall–Kier alpha value is -2.15. The summed E-state index contributed by atoms with van der Waals surface area (Å²) in [4.78, 5) is 0.749. The average molecular weight is 273 g/mol. The maximum absolute atomic E-state index is 10.0. The number of phenols is 1. The lowest BCUT2D eigenvalue weighted by atomic mass is 10.2. The molecule has 0 aliphatic heterocycles. The van der Waals surface area contributed by atoms with Crippen LogP contribution in [0.3, 0.4) is 0 Å². The van der Waals surface area contributed by atoms with Gasteiger partial charge in [-0.1, -0.05) is 17.4 Å². The van der Waals surface area contributed by atoms with Gasteiger partial charge in [0.2, 0.25) is 4.96 Å². The smallest absolute Gasteiger partial charge is 0.234 e. The molecule has 1 aliphatic rings. The van der Waals surface area contributed by atoms with Crippen LogP contribution in [-0.4, -0.2) is 24.9 Å². The van der Waals surface area contributed by atoms with E-state index in [4.69, 9.17) is 5.73 Å². The number of benzene rings is 1. The van der Waals surface area contributed by atoms with Crippen molar-refractivity contribution < 1.29 is 5.11 Å². The maximum atomic E-state index is 10.0. The number of nitrogens with zero attached hydrogens (tertiary/aromatic N) is 4. The zero-order valence-electron chi connectivity index (χ0n) is 9.95. The van der Waals surface area contributed by atoms with Crippen LogP contribution in [-0.2, 0) is 0 Å². The van der Waals surface area contributed by atoms with E-state index < -0.39 is 0 Å². The zero-order valence-corrected chi connectivity index (χ0v) is 10.8. The van der Waals surface area contributed by atoms with Gasteiger partial charge in [-0.2, -0.15) is 9.61 Å². The van der Waals surface area contributed by atoms with Gasteiger partial charge >= 0.3 is 0 Å². The van der Waals surface area contributed by atoms with E-state index in [1.807, 2.05) is 0 Å². The summed E-state index contributed by atoms with van der Waals surface area (Å²) in [5.74, 6) is 1.47. The summed E-state index contributed by atoms with van der Waals surface area (Å²) >= 11 is 1.40. The van der Waals surface area contributed by atoms with Gasteiger partial charge in [0.05, 0.1) is 11.3 Å². The van der Waals surface area contributed by atoms with E-state index in [1.54, 1.807) is 22.7 Å². The summed E-state index contributed by atoms with van der Waals surface area (Å²) in [6.45, 7) is 0. The standard InChI is InChI=1S/C12H11N5OS/c13-8-3-1-2-7(9(8)18)11-16-17-10(6-4-5-6)14-15-12(17)19-11/h1-3,6,18H,4-5,13H2. The van der Waals surface area contributed by atoms with Gasteiger partial charge in [0.1, 0.15) is 5.75 Å². The second kappa shape index (κ2) is 3.67. The molecule has 0 radical (unpaired) electrons. The quantitative estimate of drug-likeness (QED) is 0.550. The van der Waals surface area contributed by atoms with E-state index in [0.29, 0.717) is 22.2 Å². The van der Waals surface area contributed by atoms with Crippen molar-refractivity contribution in [1.82, 2.24) is 19.8 Å². The molecular weight excluding hydrogens is 262 g/mol. The summed E-state index contributed by atoms with van der Waals surface area (Å²) in [7, 11) is 0. The number of rotatable bonds is 2. The van der Waals surface area contributed by atoms with Gasteiger partial charge in [0.15, 0.2) is 10.8 Å². The Bertz CT molecular complexity index is 774. The largest absolute Gasteiger partial charge is 0.505 e. The third-order valence-corrected chi connectivity index (χ3v) is 4.19. The molecule has 0 unspecified atom stereocenters. The molecule has 1 aliphatic carbocycles. The second-order valence-electron chi connectivity index (χ2n) is 4.68. The molecule has 6 nitrogen and oxygen atoms in total. The Balaban J connectivity index is 1.89. The van der Waals surface area contributed by atoms with E-state index in [-0.39, 0.29) is 5.75 Å². The van der Waals surface area contributed by atoms with Crippen LogP contribution < -0.4 is 5.73 Å². The lowest BCUT2D eigenvalue weighted by Gasteiger charge is -2.02. The van der Waals surface area contributed by atoms with Crippen molar-refractivity contribution in [3.8, 4) is 16.3 Å². The monoisotopic (exact) mass is 273 g/mol. The summed E-state index contributed by atoms with van der Waals surface area (Å²) in [5.41, 5.74) is 6.70. The number of para-hydroxylation sites is 1. The van der Waals surface area contributed by atoms with Gasteiger partial charge in [-0.25, -0.2) is 0 Å². The Morgan fingerprint density at radius 3 is 2.95 bits per heavy atom. The fourth-order valence-electron chi connectivity index (χ4n) is 2.07. The SMILES string of the molecule is Nc1cccc(-c2nn3c(C4CC4)nnc3s2)c1O. The van der Waals surface area contributed by atoms with Crippen molar-refractivity contribution >= 4 is 22.0 Å². The number of hydrogen-bond acceptors (Lipinski definition) is 6. The first-order chi connectivity index (χ1) is 9.24. The first kappa shape index (κ1) is 10.7. The van der Waals surface area contributed by atoms with Crippen LogP contribution in [0.2, 0.25) is 0 Å². The van der Waals surface area contributed by atoms with Gasteiger partial charge in [0, 0.05) is 5.92 Å². The first-order valence-electron chi connectivity index (χ1n) is 6.04. The highest BCUT2D eigenvalue weighted by Crippen LogP contribution is 2.41. The van der Waals surface area contributed by atoms with Crippen LogP contribution in [0.5, 0.6) is 5.75 Å². The Morgan fingerprint density at radius 2 is 2.16 bits per heavy atom. The zero-order chi connectivity index (χ0) is 13.0. The lowest BCUT2D eigenvalue weighted by molar-refractivity contribution is 0.480. The van der Waals surface area contributed by atoms with Crippen LogP contribution >= 0.6 is 11.3 Å². The van der Waals surface area contributed by atoms with Crippen molar-refractivity contribution in [2.75, 3.05) is 5.73 Å². The summed E-state index contributed by atoms with van der Waals surface area (Å²) < 4.78 is 1.78. The highest BCUT2D eigenvalue weighted by Gasteiger charge is 2.30. The van der Waals surface area contributed by atoms with Gasteiger partial charge in [-0.3, -0.25) is 0 Å². The minimum absolute atomic E-state index is 0.0698. The molecule has 0 spiro atoms. The van der Waals surface area contributed by atoms with Crippen molar-refractivity contribution in [3.63, 3.8) is 0 Å². The van der Waals surface area contributed by atoms with E-state index in [9.17, 15) is 5.11 Å². The predicted molar refractivity (Wildman–Crippen MR) is 72.1 cm³/mol. The van der Waals surface area contributed by atoms with Gasteiger partial charge in [0.25, 0.3) is 0 Å². The average Bonchev–Trinajstić information content (AvgIpc) is 3.02. The molecule has 4 rings (SSSR count). The van der Waals surface area contributed by atoms with Crippen molar-refractivity contribution in [2.24, 2.45) is 0 Å². The molecule has 0 saturated heterocycles. The number of anilines is 1. The molecule has 7 heteroatoms. The number of fused-ring (bicyclic) bond motifs is 1. The highest BCUT2D eigenvalue weighted by atomic mass is 32.1. The number of hydrogen-bond donors (Lipinski definition) is 2. The van der Waals surface area contributed by atoms with Crippen LogP contribution in [0.15, 0.2) is 18.2 Å². The summed E-state index contributed by atoms with van der Waals surface area (Å²) in [6.07, 6.45) is 2.30. The van der Waals surface area contributed by atoms with E-state index >= 15 is 0 Å². The van der Waals surface area contributed by atoms with Crippen LogP contribution in [0, 0.1) is 0 Å². The summed E-state index contributed by atoms with van der Waals surface area (Å²) in [6, 6.07) is 5.26. The topological polar surface area (TPSA) is 89.3 Å². The number of phenolic OH excluding ortho intramolecular Hbond substituents is 1. The number of nitrogen functional groups attached to an aromatic ring is 1. The van der Waals surface area contributed by atoms with Crippen molar-refractivity contribution in [1.29, 1.82) is 0 Å². The van der Waals surface area contributed by atoms with Gasteiger partial charge in [-0.15, -0.1) is 10.2 Å². The van der Waals surface area contributed by atoms with E-state index in [1.165, 1.54) is 11.3 Å². The Kier molecular flexibility index (Phi) is 2.08. The van der Waals surface area contributed by atoms with E-state index in [0.717, 1.165) is 23.6 Å². The molecule has 1 aromatic carbocycles. The summed E-state index contributed by atoms with van der Waals surface area (Å²) in [5, 5.41) is 23.5. The molecule has 0 atom stereocenters. The normalized spacial score (nSPS) is 15.2. The third kappa shape index (κ3) is 1.58. The maximum Gasteiger partial charge on any atom is 0.234 e. The van der Waals surface area contributed by atoms with Gasteiger partial charge < -0.3 is 10.8 Å². The van der Waals surface area contributed by atoms with Crippen LogP contribution in [0.4, 0.5) is 5.69 Å². The number of aromatic nitrogens is 4. The highest BCUT2D eigenvalue weighted by molar-refractivity contribution is 7.19. The fraction of sp³-hybridized carbons (Fsp3) is 0.250. The van der Waals surface area contributed by atoms with Crippen LogP contribution in [0.25, 0.3) is 15.5 Å². The molecule has 0 amide bonds. The molecule has 96 valence electrons. The Labute approximate surface area is 112 Å². The Morgan fingerprint density at radius 1 is 1.32 bits per heavy atom. The molecule has 2 heterocycles. The molecule has 1 saturated carbocycles. The van der Waals surface area contributed by atoms with E-state index in [2.05, 4.69) is 15.3 Å². The number of nitrogens with two attached hydrogens (primary N) is 1. The van der Waals surface area contributed by atoms with Crippen molar-refractivity contribution in [2.45, 2.75) is 18.8 Å². The van der Waals surface area contributed by atoms with Crippen LogP contribution in [0.1, 0.15) is 24.6 Å².